The lowest BCUT2D eigenvalue weighted by Gasteiger charge is -2.52. The van der Waals surface area contributed by atoms with E-state index >= 15 is 0 Å². The molecular formula is C27H45N3O3S. The molecule has 1 saturated carbocycles. The molecule has 2 unspecified atom stereocenters. The van der Waals surface area contributed by atoms with Gasteiger partial charge in [0.15, 0.2) is 0 Å². The van der Waals surface area contributed by atoms with Crippen molar-refractivity contribution in [2.75, 3.05) is 60.6 Å². The third-order valence-electron chi connectivity index (χ3n) is 8.12. The Morgan fingerprint density at radius 3 is 2.41 bits per heavy atom. The molecule has 1 aliphatic carbocycles. The number of methoxy groups -OCH3 is 1. The number of nitrogens with zero attached hydrogens (tertiary/aromatic N) is 3. The van der Waals surface area contributed by atoms with Gasteiger partial charge < -0.3 is 19.3 Å². The Balaban J connectivity index is 1.49. The second-order valence-corrected chi connectivity index (χ2v) is 11.7. The van der Waals surface area contributed by atoms with Gasteiger partial charge in [-0.1, -0.05) is 26.8 Å². The van der Waals surface area contributed by atoms with Crippen molar-refractivity contribution in [3.8, 4) is 5.75 Å². The summed E-state index contributed by atoms with van der Waals surface area (Å²) in [5, 5.41) is 0. The summed E-state index contributed by atoms with van der Waals surface area (Å²) in [7, 11) is 4.53. The molecule has 0 aromatic heterocycles. The Morgan fingerprint density at radius 1 is 1.18 bits per heavy atom. The molecule has 192 valence electrons. The standard InChI is InChI=1S/C27H45N3O3S/c1-9-30(10-2)12-11-22-17-25-27(22,5)18-23(29(25)7)19-33-14-13-28(6)34(31)26-20(3)15-24(32-8)16-21(26)4/h15-16,18,22,25H,9-14,17,19H2,1-8H3/t22-,25+,27?,34?/m0/s1. The van der Waals surface area contributed by atoms with Gasteiger partial charge in [-0.2, -0.15) is 0 Å². The zero-order chi connectivity index (χ0) is 25.0. The first-order chi connectivity index (χ1) is 16.2. The van der Waals surface area contributed by atoms with Crippen molar-refractivity contribution in [3.05, 3.63) is 35.0 Å². The molecule has 0 amide bonds. The van der Waals surface area contributed by atoms with Gasteiger partial charge in [0.2, 0.25) is 0 Å². The predicted molar refractivity (Wildman–Crippen MR) is 141 cm³/mol. The number of ether oxygens (including phenoxy) is 2. The van der Waals surface area contributed by atoms with Crippen molar-refractivity contribution >= 4 is 11.0 Å². The summed E-state index contributed by atoms with van der Waals surface area (Å²) in [5.41, 5.74) is 3.53. The molecule has 1 fully saturated rings. The van der Waals surface area contributed by atoms with Crippen LogP contribution in [0.4, 0.5) is 0 Å². The monoisotopic (exact) mass is 491 g/mol. The molecule has 1 heterocycles. The highest BCUT2D eigenvalue weighted by atomic mass is 32.2. The Labute approximate surface area is 209 Å². The van der Waals surface area contributed by atoms with Crippen molar-refractivity contribution in [2.45, 2.75) is 58.4 Å². The van der Waals surface area contributed by atoms with Crippen LogP contribution in [0.1, 0.15) is 44.7 Å². The molecular weight excluding hydrogens is 446 g/mol. The minimum atomic E-state index is -1.23. The highest BCUT2D eigenvalue weighted by Crippen LogP contribution is 2.56. The summed E-state index contributed by atoms with van der Waals surface area (Å²) >= 11 is 0. The van der Waals surface area contributed by atoms with Gasteiger partial charge in [-0.05, 0) is 75.5 Å². The Kier molecular flexibility index (Phi) is 9.23. The van der Waals surface area contributed by atoms with Crippen molar-refractivity contribution in [1.29, 1.82) is 0 Å². The van der Waals surface area contributed by atoms with Crippen LogP contribution in [0.3, 0.4) is 0 Å². The fourth-order valence-corrected chi connectivity index (χ4v) is 6.92. The van der Waals surface area contributed by atoms with Gasteiger partial charge in [-0.15, -0.1) is 0 Å². The van der Waals surface area contributed by atoms with E-state index in [2.05, 4.69) is 43.7 Å². The van der Waals surface area contributed by atoms with Crippen molar-refractivity contribution in [3.63, 3.8) is 0 Å². The SMILES string of the molecule is CCN(CC)CC[C@H]1C[C@H]2N(C)C(COCCN(C)S(=O)c3c(C)cc(OC)cc3C)=CC12C. The molecule has 34 heavy (non-hydrogen) atoms. The minimum Gasteiger partial charge on any atom is -0.497 e. The van der Waals surface area contributed by atoms with Crippen molar-refractivity contribution in [2.24, 2.45) is 11.3 Å². The molecule has 7 heteroatoms. The van der Waals surface area contributed by atoms with Crippen LogP contribution in [0.2, 0.25) is 0 Å². The normalized spacial score (nSPS) is 24.9. The zero-order valence-electron chi connectivity index (χ0n) is 22.5. The topological polar surface area (TPSA) is 45.2 Å². The van der Waals surface area contributed by atoms with E-state index in [-0.39, 0.29) is 5.41 Å². The molecule has 2 aliphatic rings. The van der Waals surface area contributed by atoms with Crippen LogP contribution in [0.5, 0.6) is 5.75 Å². The number of likely N-dealkylation sites (N-methyl/N-ethyl adjacent to an activating group) is 2. The maximum atomic E-state index is 13.1. The van der Waals surface area contributed by atoms with E-state index in [9.17, 15) is 4.21 Å². The first-order valence-electron chi connectivity index (χ1n) is 12.7. The summed E-state index contributed by atoms with van der Waals surface area (Å²) < 4.78 is 26.4. The fourth-order valence-electron chi connectivity index (χ4n) is 5.70. The smallest absolute Gasteiger partial charge is 0.127 e. The molecule has 1 aromatic carbocycles. The third-order valence-corrected chi connectivity index (χ3v) is 9.86. The van der Waals surface area contributed by atoms with Gasteiger partial charge in [-0.25, -0.2) is 8.51 Å². The van der Waals surface area contributed by atoms with Gasteiger partial charge in [0, 0.05) is 37.8 Å². The first-order valence-corrected chi connectivity index (χ1v) is 13.8. The van der Waals surface area contributed by atoms with E-state index in [1.54, 1.807) is 7.11 Å². The maximum Gasteiger partial charge on any atom is 0.127 e. The lowest BCUT2D eigenvalue weighted by molar-refractivity contribution is -0.00331. The van der Waals surface area contributed by atoms with Gasteiger partial charge >= 0.3 is 0 Å². The van der Waals surface area contributed by atoms with Crippen molar-refractivity contribution < 1.29 is 13.7 Å². The lowest BCUT2D eigenvalue weighted by Crippen LogP contribution is -2.54. The predicted octanol–water partition coefficient (Wildman–Crippen LogP) is 4.24. The molecule has 1 aliphatic heterocycles. The largest absolute Gasteiger partial charge is 0.497 e. The highest BCUT2D eigenvalue weighted by molar-refractivity contribution is 7.82. The van der Waals surface area contributed by atoms with Gasteiger partial charge in [0.05, 0.1) is 25.2 Å². The van der Waals surface area contributed by atoms with E-state index < -0.39 is 11.0 Å². The fraction of sp³-hybridized carbons (Fsp3) is 0.704. The number of fused-ring (bicyclic) bond motifs is 1. The quantitative estimate of drug-likeness (QED) is 0.386. The molecule has 6 nitrogen and oxygen atoms in total. The Hall–Kier alpha value is -1.41. The number of aryl methyl sites for hydroxylation is 2. The first kappa shape index (κ1) is 27.2. The van der Waals surface area contributed by atoms with Crippen LogP contribution in [0, 0.1) is 25.2 Å². The van der Waals surface area contributed by atoms with Crippen LogP contribution in [0.15, 0.2) is 28.8 Å². The zero-order valence-corrected chi connectivity index (χ0v) is 23.3. The molecule has 0 saturated heterocycles. The van der Waals surface area contributed by atoms with Crippen LogP contribution in [-0.2, 0) is 15.7 Å². The van der Waals surface area contributed by atoms with Gasteiger partial charge in [-0.3, -0.25) is 0 Å². The Bertz CT molecular complexity index is 878. The van der Waals surface area contributed by atoms with Crippen LogP contribution < -0.4 is 4.74 Å². The van der Waals surface area contributed by atoms with E-state index in [0.29, 0.717) is 25.8 Å². The average Bonchev–Trinajstić information content (AvgIpc) is 2.99. The van der Waals surface area contributed by atoms with Gasteiger partial charge in [0.1, 0.15) is 16.7 Å². The van der Waals surface area contributed by atoms with Crippen LogP contribution in [-0.4, -0.2) is 85.0 Å². The summed E-state index contributed by atoms with van der Waals surface area (Å²) in [6, 6.07) is 4.48. The Morgan fingerprint density at radius 2 is 1.82 bits per heavy atom. The van der Waals surface area contributed by atoms with E-state index in [1.807, 2.05) is 37.3 Å². The average molecular weight is 492 g/mol. The minimum absolute atomic E-state index is 0.266. The summed E-state index contributed by atoms with van der Waals surface area (Å²) in [4.78, 5) is 5.82. The molecule has 4 atom stereocenters. The van der Waals surface area contributed by atoms with Gasteiger partial charge in [0.25, 0.3) is 0 Å². The lowest BCUT2D eigenvalue weighted by atomic mass is 9.57. The van der Waals surface area contributed by atoms with E-state index in [0.717, 1.165) is 40.8 Å². The molecule has 3 rings (SSSR count). The van der Waals surface area contributed by atoms with Crippen LogP contribution >= 0.6 is 0 Å². The molecule has 0 N–H and O–H groups in total. The van der Waals surface area contributed by atoms with Crippen molar-refractivity contribution in [1.82, 2.24) is 14.1 Å². The second kappa shape index (κ2) is 11.5. The van der Waals surface area contributed by atoms with E-state index in [4.69, 9.17) is 9.47 Å². The molecule has 0 bridgehead atoms. The highest BCUT2D eigenvalue weighted by Gasteiger charge is 2.55. The summed E-state index contributed by atoms with van der Waals surface area (Å²) in [6.45, 7) is 16.1. The number of hydrogen-bond acceptors (Lipinski definition) is 5. The van der Waals surface area contributed by atoms with Crippen LogP contribution in [0.25, 0.3) is 0 Å². The molecule has 0 spiro atoms. The number of hydrogen-bond donors (Lipinski definition) is 0. The number of rotatable bonds is 13. The third kappa shape index (κ3) is 5.53. The summed E-state index contributed by atoms with van der Waals surface area (Å²) in [6.07, 6.45) is 5.02. The summed E-state index contributed by atoms with van der Waals surface area (Å²) in [5.74, 6) is 1.55. The maximum absolute atomic E-state index is 13.1. The molecule has 1 aromatic rings. The van der Waals surface area contributed by atoms with E-state index in [1.165, 1.54) is 25.1 Å². The number of benzene rings is 1. The molecule has 0 radical (unpaired) electrons. The second-order valence-electron chi connectivity index (χ2n) is 10.1.